The van der Waals surface area contributed by atoms with Gasteiger partial charge in [0.25, 0.3) is 0 Å². The Morgan fingerprint density at radius 1 is 1.23 bits per heavy atom. The third-order valence-corrected chi connectivity index (χ3v) is 1.49. The van der Waals surface area contributed by atoms with Gasteiger partial charge in [0.1, 0.15) is 5.82 Å². The standard InChI is InChI=1S/C10H13FO2/c1-7(2)13-9-5-4-8(11)6-10(9)12-3/h4-7H,1-3H3. The van der Waals surface area contributed by atoms with E-state index in [0.29, 0.717) is 11.5 Å². The second kappa shape index (κ2) is 4.12. The molecule has 0 aliphatic carbocycles. The number of hydrogen-bond donors (Lipinski definition) is 0. The Morgan fingerprint density at radius 3 is 2.46 bits per heavy atom. The monoisotopic (exact) mass is 184 g/mol. The highest BCUT2D eigenvalue weighted by Gasteiger charge is 2.06. The summed E-state index contributed by atoms with van der Waals surface area (Å²) in [5, 5.41) is 0. The molecule has 2 nitrogen and oxygen atoms in total. The molecule has 0 radical (unpaired) electrons. The molecule has 0 fully saturated rings. The van der Waals surface area contributed by atoms with Crippen LogP contribution in [0.2, 0.25) is 0 Å². The van der Waals surface area contributed by atoms with Gasteiger partial charge in [-0.15, -0.1) is 0 Å². The first-order chi connectivity index (χ1) is 6.13. The Balaban J connectivity index is 2.92. The molecule has 3 heteroatoms. The van der Waals surface area contributed by atoms with Crippen molar-refractivity contribution in [2.75, 3.05) is 7.11 Å². The molecule has 72 valence electrons. The van der Waals surface area contributed by atoms with Crippen LogP contribution in [0.15, 0.2) is 18.2 Å². The maximum absolute atomic E-state index is 12.7. The van der Waals surface area contributed by atoms with Gasteiger partial charge < -0.3 is 9.47 Å². The maximum atomic E-state index is 12.7. The lowest BCUT2D eigenvalue weighted by Crippen LogP contribution is -2.06. The molecular weight excluding hydrogens is 171 g/mol. The number of benzene rings is 1. The van der Waals surface area contributed by atoms with E-state index in [1.807, 2.05) is 13.8 Å². The van der Waals surface area contributed by atoms with Gasteiger partial charge >= 0.3 is 0 Å². The molecule has 0 aliphatic rings. The second-order valence-electron chi connectivity index (χ2n) is 2.96. The number of rotatable bonds is 3. The molecule has 1 aromatic rings. The quantitative estimate of drug-likeness (QED) is 0.718. The van der Waals surface area contributed by atoms with Crippen molar-refractivity contribution in [3.63, 3.8) is 0 Å². The summed E-state index contributed by atoms with van der Waals surface area (Å²) in [6, 6.07) is 4.21. The second-order valence-corrected chi connectivity index (χ2v) is 2.96. The van der Waals surface area contributed by atoms with E-state index >= 15 is 0 Å². The lowest BCUT2D eigenvalue weighted by molar-refractivity contribution is 0.229. The van der Waals surface area contributed by atoms with Gasteiger partial charge in [0, 0.05) is 6.07 Å². The van der Waals surface area contributed by atoms with Gasteiger partial charge in [-0.2, -0.15) is 0 Å². The van der Waals surface area contributed by atoms with Crippen LogP contribution in [0.25, 0.3) is 0 Å². The van der Waals surface area contributed by atoms with Crippen molar-refractivity contribution in [2.24, 2.45) is 0 Å². The third kappa shape index (κ3) is 2.61. The van der Waals surface area contributed by atoms with Crippen molar-refractivity contribution >= 4 is 0 Å². The van der Waals surface area contributed by atoms with Crippen molar-refractivity contribution in [1.29, 1.82) is 0 Å². The van der Waals surface area contributed by atoms with Crippen molar-refractivity contribution in [3.8, 4) is 11.5 Å². The Morgan fingerprint density at radius 2 is 1.92 bits per heavy atom. The molecule has 0 spiro atoms. The highest BCUT2D eigenvalue weighted by Crippen LogP contribution is 2.28. The van der Waals surface area contributed by atoms with Crippen LogP contribution in [0.5, 0.6) is 11.5 Å². The van der Waals surface area contributed by atoms with E-state index < -0.39 is 0 Å². The van der Waals surface area contributed by atoms with Crippen molar-refractivity contribution in [3.05, 3.63) is 24.0 Å². The third-order valence-electron chi connectivity index (χ3n) is 1.49. The van der Waals surface area contributed by atoms with Crippen LogP contribution in [0.3, 0.4) is 0 Å². The van der Waals surface area contributed by atoms with Crippen LogP contribution in [0.4, 0.5) is 4.39 Å². The highest BCUT2D eigenvalue weighted by atomic mass is 19.1. The predicted molar refractivity (Wildman–Crippen MR) is 48.7 cm³/mol. The van der Waals surface area contributed by atoms with Gasteiger partial charge in [-0.05, 0) is 26.0 Å². The van der Waals surface area contributed by atoms with Crippen LogP contribution >= 0.6 is 0 Å². The minimum atomic E-state index is -0.326. The Hall–Kier alpha value is -1.25. The molecule has 0 saturated carbocycles. The summed E-state index contributed by atoms with van der Waals surface area (Å²) in [6.45, 7) is 3.81. The molecule has 0 aromatic heterocycles. The van der Waals surface area contributed by atoms with Crippen LogP contribution in [0.1, 0.15) is 13.8 Å². The largest absolute Gasteiger partial charge is 0.493 e. The Labute approximate surface area is 77.3 Å². The minimum absolute atomic E-state index is 0.0550. The number of ether oxygens (including phenoxy) is 2. The van der Waals surface area contributed by atoms with Crippen LogP contribution in [-0.2, 0) is 0 Å². The molecule has 0 heterocycles. The summed E-state index contributed by atoms with van der Waals surface area (Å²) in [5.41, 5.74) is 0. The summed E-state index contributed by atoms with van der Waals surface area (Å²) in [4.78, 5) is 0. The van der Waals surface area contributed by atoms with Gasteiger partial charge in [0.05, 0.1) is 13.2 Å². The highest BCUT2D eigenvalue weighted by molar-refractivity contribution is 5.40. The zero-order valence-corrected chi connectivity index (χ0v) is 8.00. The fraction of sp³-hybridized carbons (Fsp3) is 0.400. The van der Waals surface area contributed by atoms with Crippen LogP contribution in [0, 0.1) is 5.82 Å². The molecule has 0 N–H and O–H groups in total. The average Bonchev–Trinajstić information content (AvgIpc) is 2.07. The molecule has 0 bridgehead atoms. The van der Waals surface area contributed by atoms with Gasteiger partial charge in [-0.3, -0.25) is 0 Å². The van der Waals surface area contributed by atoms with E-state index in [4.69, 9.17) is 9.47 Å². The summed E-state index contributed by atoms with van der Waals surface area (Å²) in [6.07, 6.45) is 0.0550. The molecule has 0 aliphatic heterocycles. The first-order valence-corrected chi connectivity index (χ1v) is 4.13. The van der Waals surface area contributed by atoms with E-state index in [9.17, 15) is 4.39 Å². The van der Waals surface area contributed by atoms with Crippen molar-refractivity contribution in [1.82, 2.24) is 0 Å². The van der Waals surface area contributed by atoms with Gasteiger partial charge in [0.2, 0.25) is 0 Å². The SMILES string of the molecule is COc1cc(F)ccc1OC(C)C. The predicted octanol–water partition coefficient (Wildman–Crippen LogP) is 2.62. The van der Waals surface area contributed by atoms with E-state index in [1.165, 1.54) is 19.2 Å². The molecule has 1 aromatic carbocycles. The van der Waals surface area contributed by atoms with Crippen molar-refractivity contribution in [2.45, 2.75) is 20.0 Å². The lowest BCUT2D eigenvalue weighted by atomic mass is 10.3. The van der Waals surface area contributed by atoms with E-state index in [-0.39, 0.29) is 11.9 Å². The maximum Gasteiger partial charge on any atom is 0.163 e. The summed E-state index contributed by atoms with van der Waals surface area (Å²) < 4.78 is 23.1. The number of hydrogen-bond acceptors (Lipinski definition) is 2. The average molecular weight is 184 g/mol. The van der Waals surface area contributed by atoms with Gasteiger partial charge in [0.15, 0.2) is 11.5 Å². The van der Waals surface area contributed by atoms with Crippen LogP contribution in [-0.4, -0.2) is 13.2 Å². The minimum Gasteiger partial charge on any atom is -0.493 e. The van der Waals surface area contributed by atoms with Gasteiger partial charge in [-0.1, -0.05) is 0 Å². The van der Waals surface area contributed by atoms with E-state index in [2.05, 4.69) is 0 Å². The number of halogens is 1. The first kappa shape index (κ1) is 9.84. The van der Waals surface area contributed by atoms with E-state index in [1.54, 1.807) is 6.07 Å². The van der Waals surface area contributed by atoms with E-state index in [0.717, 1.165) is 0 Å². The first-order valence-electron chi connectivity index (χ1n) is 4.13. The fourth-order valence-corrected chi connectivity index (χ4v) is 0.993. The van der Waals surface area contributed by atoms with Crippen LogP contribution < -0.4 is 9.47 Å². The normalized spacial score (nSPS) is 10.2. The topological polar surface area (TPSA) is 18.5 Å². The van der Waals surface area contributed by atoms with Gasteiger partial charge in [-0.25, -0.2) is 4.39 Å². The fourth-order valence-electron chi connectivity index (χ4n) is 0.993. The zero-order valence-electron chi connectivity index (χ0n) is 8.00. The summed E-state index contributed by atoms with van der Waals surface area (Å²) in [5.74, 6) is 0.667. The summed E-state index contributed by atoms with van der Waals surface area (Å²) in [7, 11) is 1.49. The molecule has 0 atom stereocenters. The van der Waals surface area contributed by atoms with Crippen molar-refractivity contribution < 1.29 is 13.9 Å². The Bertz CT molecular complexity index is 284. The molecule has 0 unspecified atom stereocenters. The molecule has 13 heavy (non-hydrogen) atoms. The lowest BCUT2D eigenvalue weighted by Gasteiger charge is -2.12. The molecule has 1 rings (SSSR count). The molecule has 0 amide bonds. The Kier molecular flexibility index (Phi) is 3.12. The number of methoxy groups -OCH3 is 1. The summed E-state index contributed by atoms with van der Waals surface area (Å²) >= 11 is 0. The smallest absolute Gasteiger partial charge is 0.163 e. The zero-order chi connectivity index (χ0) is 9.84. The molecule has 0 saturated heterocycles. The molecular formula is C10H13FO2.